The maximum atomic E-state index is 13.1. The van der Waals surface area contributed by atoms with Crippen molar-refractivity contribution in [2.45, 2.75) is 400 Å². The zero-order valence-corrected chi connectivity index (χ0v) is 62.3. The maximum Gasteiger partial charge on any atom is 0.472 e. The highest BCUT2D eigenvalue weighted by molar-refractivity contribution is 7.47. The van der Waals surface area contributed by atoms with Crippen molar-refractivity contribution in [2.75, 3.05) is 39.6 Å². The summed E-state index contributed by atoms with van der Waals surface area (Å²) in [4.78, 5) is 72.7. The van der Waals surface area contributed by atoms with E-state index in [1.165, 1.54) is 199 Å². The van der Waals surface area contributed by atoms with E-state index in [2.05, 4.69) is 41.5 Å². The zero-order valence-electron chi connectivity index (χ0n) is 60.6. The number of rotatable bonds is 73. The lowest BCUT2D eigenvalue weighted by Gasteiger charge is -2.21. The third-order valence-electron chi connectivity index (χ3n) is 17.2. The van der Waals surface area contributed by atoms with Crippen LogP contribution in [0.4, 0.5) is 0 Å². The molecule has 0 aromatic heterocycles. The van der Waals surface area contributed by atoms with Crippen LogP contribution in [0.3, 0.4) is 0 Å². The van der Waals surface area contributed by atoms with Crippen LogP contribution >= 0.6 is 15.6 Å². The van der Waals surface area contributed by atoms with Crippen LogP contribution in [0.2, 0.25) is 0 Å². The number of unbranched alkanes of at least 4 members (excludes halogenated alkanes) is 43. The molecule has 3 N–H and O–H groups in total. The second-order valence-corrected chi connectivity index (χ2v) is 30.5. The van der Waals surface area contributed by atoms with Crippen LogP contribution in [-0.4, -0.2) is 96.7 Å². The van der Waals surface area contributed by atoms with Gasteiger partial charge in [-0.1, -0.05) is 330 Å². The van der Waals surface area contributed by atoms with E-state index in [0.29, 0.717) is 25.7 Å². The minimum atomic E-state index is -4.96. The molecule has 0 fully saturated rings. The molecule has 19 heteroatoms. The minimum Gasteiger partial charge on any atom is -0.462 e. The highest BCUT2D eigenvalue weighted by Crippen LogP contribution is 2.45. The van der Waals surface area contributed by atoms with Crippen LogP contribution < -0.4 is 0 Å². The molecule has 552 valence electrons. The monoisotopic (exact) mass is 1370 g/mol. The van der Waals surface area contributed by atoms with Gasteiger partial charge in [0, 0.05) is 25.7 Å². The molecule has 0 bridgehead atoms. The van der Waals surface area contributed by atoms with Gasteiger partial charge in [-0.15, -0.1) is 0 Å². The average Bonchev–Trinajstić information content (AvgIpc) is 2.27. The minimum absolute atomic E-state index is 0.107. The van der Waals surface area contributed by atoms with E-state index >= 15 is 0 Å². The number of carbonyl (C=O) groups is 4. The Labute approximate surface area is 568 Å². The summed E-state index contributed by atoms with van der Waals surface area (Å²) in [7, 11) is -9.91. The first kappa shape index (κ1) is 91.1. The molecule has 0 heterocycles. The van der Waals surface area contributed by atoms with E-state index in [-0.39, 0.29) is 25.7 Å². The lowest BCUT2D eigenvalue weighted by atomic mass is 10.0. The van der Waals surface area contributed by atoms with E-state index in [0.717, 1.165) is 102 Å². The summed E-state index contributed by atoms with van der Waals surface area (Å²) in [5.74, 6) is -0.603. The Morgan fingerprint density at radius 1 is 0.290 bits per heavy atom. The summed E-state index contributed by atoms with van der Waals surface area (Å²) >= 11 is 0. The quantitative estimate of drug-likeness (QED) is 0.0222. The molecule has 93 heavy (non-hydrogen) atoms. The standard InChI is InChI=1S/C74H144O17P2/c1-7-9-11-13-15-17-19-21-24-28-31-38-44-50-56-71(76)84-62-69(90-74(79)59-53-47-41-33-29-25-22-23-26-30-36-42-48-54-66(3)4)64-88-92(80,81)86-60-68(75)61-87-93(82,83)89-65-70(63-85-72(77)57-51-45-39-35-34-37-43-49-55-67(5)6)91-73(78)58-52-46-40-32-27-20-18-16-14-12-10-8-2/h66-70,75H,7-65H2,1-6H3,(H,80,81)(H,82,83)/t68-,69-,70-/m1/s1. The lowest BCUT2D eigenvalue weighted by molar-refractivity contribution is -0.161. The maximum absolute atomic E-state index is 13.1. The van der Waals surface area contributed by atoms with Gasteiger partial charge in [0.05, 0.1) is 26.4 Å². The first-order chi connectivity index (χ1) is 44.9. The van der Waals surface area contributed by atoms with Crippen LogP contribution in [0.5, 0.6) is 0 Å². The number of esters is 4. The van der Waals surface area contributed by atoms with Crippen molar-refractivity contribution >= 4 is 39.5 Å². The molecule has 0 aromatic rings. The molecule has 0 rings (SSSR count). The van der Waals surface area contributed by atoms with Gasteiger partial charge in [-0.25, -0.2) is 9.13 Å². The number of hydrogen-bond donors (Lipinski definition) is 3. The molecule has 0 aliphatic rings. The Bertz CT molecular complexity index is 1800. The molecule has 2 unspecified atom stereocenters. The fourth-order valence-electron chi connectivity index (χ4n) is 11.3. The molecule has 17 nitrogen and oxygen atoms in total. The summed E-state index contributed by atoms with van der Waals surface area (Å²) in [5.41, 5.74) is 0. The van der Waals surface area contributed by atoms with Gasteiger partial charge in [-0.2, -0.15) is 0 Å². The van der Waals surface area contributed by atoms with Crippen molar-refractivity contribution in [2.24, 2.45) is 11.8 Å². The molecule has 0 aliphatic heterocycles. The molecular weight excluding hydrogens is 1220 g/mol. The van der Waals surface area contributed by atoms with E-state index in [4.69, 9.17) is 37.0 Å². The lowest BCUT2D eigenvalue weighted by Crippen LogP contribution is -2.30. The second kappa shape index (κ2) is 66.0. The van der Waals surface area contributed by atoms with E-state index < -0.39 is 97.5 Å². The molecule has 0 saturated heterocycles. The predicted molar refractivity (Wildman–Crippen MR) is 377 cm³/mol. The number of aliphatic hydroxyl groups excluding tert-OH is 1. The van der Waals surface area contributed by atoms with Crippen LogP contribution in [0, 0.1) is 11.8 Å². The van der Waals surface area contributed by atoms with E-state index in [1.807, 2.05) is 0 Å². The molecule has 5 atom stereocenters. The smallest absolute Gasteiger partial charge is 0.462 e. The van der Waals surface area contributed by atoms with Gasteiger partial charge in [0.1, 0.15) is 19.3 Å². The molecule has 0 spiro atoms. The average molecular weight is 1370 g/mol. The zero-order chi connectivity index (χ0) is 68.6. The van der Waals surface area contributed by atoms with E-state index in [9.17, 15) is 43.2 Å². The normalized spacial score (nSPS) is 14.1. The van der Waals surface area contributed by atoms with Crippen molar-refractivity contribution in [1.29, 1.82) is 0 Å². The van der Waals surface area contributed by atoms with Crippen molar-refractivity contribution in [1.82, 2.24) is 0 Å². The fourth-order valence-corrected chi connectivity index (χ4v) is 12.9. The van der Waals surface area contributed by atoms with Gasteiger partial charge in [-0.05, 0) is 37.5 Å². The van der Waals surface area contributed by atoms with Gasteiger partial charge in [-0.3, -0.25) is 37.3 Å². The molecule has 0 aromatic carbocycles. The number of aliphatic hydroxyl groups is 1. The fraction of sp³-hybridized carbons (Fsp3) is 0.946. The van der Waals surface area contributed by atoms with Crippen LogP contribution in [0.15, 0.2) is 0 Å². The van der Waals surface area contributed by atoms with Gasteiger partial charge in [0.25, 0.3) is 0 Å². The largest absolute Gasteiger partial charge is 0.472 e. The van der Waals surface area contributed by atoms with Gasteiger partial charge < -0.3 is 33.8 Å². The molecule has 0 radical (unpaired) electrons. The summed E-state index contributed by atoms with van der Waals surface area (Å²) in [6.45, 7) is 9.57. The predicted octanol–water partition coefficient (Wildman–Crippen LogP) is 21.6. The molecule has 0 aliphatic carbocycles. The molecule has 0 saturated carbocycles. The summed E-state index contributed by atoms with van der Waals surface area (Å²) < 4.78 is 68.5. The third-order valence-corrected chi connectivity index (χ3v) is 19.1. The highest BCUT2D eigenvalue weighted by Gasteiger charge is 2.30. The second-order valence-electron chi connectivity index (χ2n) is 27.6. The van der Waals surface area contributed by atoms with Gasteiger partial charge >= 0.3 is 39.5 Å². The molecule has 0 amide bonds. The van der Waals surface area contributed by atoms with Crippen molar-refractivity contribution in [3.63, 3.8) is 0 Å². The van der Waals surface area contributed by atoms with Crippen molar-refractivity contribution in [3.8, 4) is 0 Å². The number of phosphoric ester groups is 2. The summed E-state index contributed by atoms with van der Waals surface area (Å²) in [6.07, 6.45) is 52.6. The first-order valence-electron chi connectivity index (χ1n) is 38.5. The number of ether oxygens (including phenoxy) is 4. The number of phosphoric acid groups is 2. The topological polar surface area (TPSA) is 237 Å². The Morgan fingerprint density at radius 2 is 0.495 bits per heavy atom. The van der Waals surface area contributed by atoms with Gasteiger partial charge in [0.2, 0.25) is 0 Å². The summed E-state index contributed by atoms with van der Waals surface area (Å²) in [6, 6.07) is 0. The Hall–Kier alpha value is -1.94. The van der Waals surface area contributed by atoms with E-state index in [1.54, 1.807) is 0 Å². The SMILES string of the molecule is CCCCCCCCCCCCCCCCC(=O)OC[C@H](COP(=O)(O)OC[C@@H](O)COP(=O)(O)OC[C@@H](COC(=O)CCCCCCCCCCC(C)C)OC(=O)CCCCCCCCCCCCCC)OC(=O)CCCCCCCCCCCCCCCC(C)C. The van der Waals surface area contributed by atoms with Crippen LogP contribution in [-0.2, 0) is 65.4 Å². The Balaban J connectivity index is 5.25. The summed E-state index contributed by atoms with van der Waals surface area (Å²) in [5, 5.41) is 10.6. The van der Waals surface area contributed by atoms with Crippen LogP contribution in [0.25, 0.3) is 0 Å². The number of carbonyl (C=O) groups excluding carboxylic acids is 4. The third kappa shape index (κ3) is 68.4. The van der Waals surface area contributed by atoms with Crippen molar-refractivity contribution < 1.29 is 80.2 Å². The Kier molecular flexibility index (Phi) is 64.6. The van der Waals surface area contributed by atoms with Crippen LogP contribution in [0.1, 0.15) is 382 Å². The van der Waals surface area contributed by atoms with Crippen molar-refractivity contribution in [3.05, 3.63) is 0 Å². The highest BCUT2D eigenvalue weighted by atomic mass is 31.2. The van der Waals surface area contributed by atoms with Gasteiger partial charge in [0.15, 0.2) is 12.2 Å². The molecular formula is C74H144O17P2. The first-order valence-corrected chi connectivity index (χ1v) is 41.5. The Morgan fingerprint density at radius 3 is 0.731 bits per heavy atom. The number of hydrogen-bond acceptors (Lipinski definition) is 15.